The third-order valence-electron chi connectivity index (χ3n) is 2.22. The lowest BCUT2D eigenvalue weighted by Crippen LogP contribution is -1.95. The molecule has 0 aliphatic rings. The molecule has 0 aliphatic carbocycles. The van der Waals surface area contributed by atoms with Gasteiger partial charge in [0.25, 0.3) is 0 Å². The Morgan fingerprint density at radius 3 is 2.53 bits per heavy atom. The van der Waals surface area contributed by atoms with Gasteiger partial charge in [-0.3, -0.25) is 0 Å². The average Bonchev–Trinajstić information content (AvgIpc) is 2.26. The van der Waals surface area contributed by atoms with E-state index < -0.39 is 0 Å². The summed E-state index contributed by atoms with van der Waals surface area (Å²) in [4.78, 5) is 11.0. The molecule has 86 valence electrons. The van der Waals surface area contributed by atoms with E-state index in [2.05, 4.69) is 17.7 Å². The van der Waals surface area contributed by atoms with Gasteiger partial charge in [-0.2, -0.15) is 0 Å². The normalized spacial score (nSPS) is 12.1. The number of carbonyl (C=O) groups is 1. The number of carbonyl (C=O) groups excluding carboxylic acids is 1. The molecule has 0 unspecified atom stereocenters. The van der Waals surface area contributed by atoms with Crippen LogP contribution in [0.1, 0.15) is 46.0 Å². The molecule has 0 atom stereocenters. The molecular formula is C13H22O2. The van der Waals surface area contributed by atoms with Crippen LogP contribution in [0, 0.1) is 0 Å². The van der Waals surface area contributed by atoms with Crippen LogP contribution in [-0.4, -0.2) is 13.1 Å². The van der Waals surface area contributed by atoms with Gasteiger partial charge in [0.05, 0.1) is 7.11 Å². The van der Waals surface area contributed by atoms with Crippen molar-refractivity contribution in [3.63, 3.8) is 0 Å². The Morgan fingerprint density at radius 1 is 1.27 bits per heavy atom. The van der Waals surface area contributed by atoms with Gasteiger partial charge in [-0.25, -0.2) is 4.79 Å². The van der Waals surface area contributed by atoms with E-state index in [0.29, 0.717) is 0 Å². The van der Waals surface area contributed by atoms with Crippen molar-refractivity contribution in [3.8, 4) is 0 Å². The van der Waals surface area contributed by atoms with Gasteiger partial charge in [0.15, 0.2) is 0 Å². The van der Waals surface area contributed by atoms with Crippen LogP contribution in [-0.2, 0) is 9.53 Å². The number of allylic oxidation sites excluding steroid dienone is 3. The minimum Gasteiger partial charge on any atom is -0.466 e. The summed E-state index contributed by atoms with van der Waals surface area (Å²) in [7, 11) is 1.40. The Labute approximate surface area is 93.0 Å². The van der Waals surface area contributed by atoms with Crippen molar-refractivity contribution in [3.05, 3.63) is 23.8 Å². The fourth-order valence-corrected chi connectivity index (χ4v) is 1.23. The molecule has 0 fully saturated rings. The molecule has 0 saturated carbocycles. The fourth-order valence-electron chi connectivity index (χ4n) is 1.23. The molecule has 0 aromatic heterocycles. The third kappa shape index (κ3) is 7.98. The second-order valence-corrected chi connectivity index (χ2v) is 3.49. The SMILES string of the molecule is CCCCC/C=C/C(=C/C(=O)OC)CC. The molecule has 0 aliphatic heterocycles. The molecule has 0 bridgehead atoms. The first kappa shape index (κ1) is 13.9. The van der Waals surface area contributed by atoms with Crippen LogP contribution < -0.4 is 0 Å². The summed E-state index contributed by atoms with van der Waals surface area (Å²) < 4.78 is 4.58. The maximum Gasteiger partial charge on any atom is 0.330 e. The van der Waals surface area contributed by atoms with E-state index in [1.807, 2.05) is 13.0 Å². The second kappa shape index (κ2) is 9.50. The van der Waals surface area contributed by atoms with Gasteiger partial charge in [0, 0.05) is 6.08 Å². The summed E-state index contributed by atoms with van der Waals surface area (Å²) in [6.07, 6.45) is 11.4. The largest absolute Gasteiger partial charge is 0.466 e. The van der Waals surface area contributed by atoms with Crippen molar-refractivity contribution in [1.82, 2.24) is 0 Å². The van der Waals surface area contributed by atoms with Crippen LogP contribution in [0.5, 0.6) is 0 Å². The summed E-state index contributed by atoms with van der Waals surface area (Å²) in [6.45, 7) is 4.23. The number of hydrogen-bond acceptors (Lipinski definition) is 2. The Hall–Kier alpha value is -1.05. The van der Waals surface area contributed by atoms with Crippen LogP contribution in [0.25, 0.3) is 0 Å². The molecule has 0 spiro atoms. The number of esters is 1. The molecule has 0 rings (SSSR count). The van der Waals surface area contributed by atoms with Crippen LogP contribution in [0.3, 0.4) is 0 Å². The van der Waals surface area contributed by atoms with Gasteiger partial charge < -0.3 is 4.74 Å². The molecule has 2 nitrogen and oxygen atoms in total. The Bertz CT molecular complexity index is 227. The highest BCUT2D eigenvalue weighted by Crippen LogP contribution is 2.06. The van der Waals surface area contributed by atoms with Crippen LogP contribution in [0.2, 0.25) is 0 Å². The third-order valence-corrected chi connectivity index (χ3v) is 2.22. The maximum atomic E-state index is 11.0. The van der Waals surface area contributed by atoms with E-state index in [4.69, 9.17) is 0 Å². The highest BCUT2D eigenvalue weighted by Gasteiger charge is 1.95. The second-order valence-electron chi connectivity index (χ2n) is 3.49. The number of ether oxygens (including phenoxy) is 1. The molecular weight excluding hydrogens is 188 g/mol. The monoisotopic (exact) mass is 210 g/mol. The maximum absolute atomic E-state index is 11.0. The summed E-state index contributed by atoms with van der Waals surface area (Å²) >= 11 is 0. The number of rotatable bonds is 7. The van der Waals surface area contributed by atoms with Gasteiger partial charge in [-0.1, -0.05) is 38.8 Å². The first-order valence-electron chi connectivity index (χ1n) is 5.69. The molecule has 2 heteroatoms. The van der Waals surface area contributed by atoms with Crippen molar-refractivity contribution in [2.75, 3.05) is 7.11 Å². The topological polar surface area (TPSA) is 26.3 Å². The van der Waals surface area contributed by atoms with E-state index in [1.54, 1.807) is 6.08 Å². The quantitative estimate of drug-likeness (QED) is 0.277. The standard InChI is InChI=1S/C13H22O2/c1-4-6-7-8-9-10-12(5-2)11-13(14)15-3/h9-11H,4-8H2,1-3H3/b10-9+,12-11+. The van der Waals surface area contributed by atoms with Crippen LogP contribution in [0.15, 0.2) is 23.8 Å². The van der Waals surface area contributed by atoms with Gasteiger partial charge in [0.1, 0.15) is 0 Å². The van der Waals surface area contributed by atoms with Gasteiger partial charge in [-0.15, -0.1) is 0 Å². The number of hydrogen-bond donors (Lipinski definition) is 0. The molecule has 0 N–H and O–H groups in total. The Morgan fingerprint density at radius 2 is 2.00 bits per heavy atom. The van der Waals surface area contributed by atoms with Crippen molar-refractivity contribution >= 4 is 5.97 Å². The van der Waals surface area contributed by atoms with E-state index in [-0.39, 0.29) is 5.97 Å². The number of unbranched alkanes of at least 4 members (excludes halogenated alkanes) is 3. The smallest absolute Gasteiger partial charge is 0.330 e. The Kier molecular flexibility index (Phi) is 8.84. The van der Waals surface area contributed by atoms with Gasteiger partial charge in [-0.05, 0) is 24.8 Å². The van der Waals surface area contributed by atoms with E-state index in [1.165, 1.54) is 26.4 Å². The molecule has 15 heavy (non-hydrogen) atoms. The molecule has 0 radical (unpaired) electrons. The van der Waals surface area contributed by atoms with Gasteiger partial charge >= 0.3 is 5.97 Å². The molecule has 0 heterocycles. The van der Waals surface area contributed by atoms with Crippen molar-refractivity contribution < 1.29 is 9.53 Å². The molecule has 0 aromatic carbocycles. The zero-order valence-corrected chi connectivity index (χ0v) is 10.1. The summed E-state index contributed by atoms with van der Waals surface area (Å²) in [5.74, 6) is -0.273. The van der Waals surface area contributed by atoms with E-state index in [0.717, 1.165) is 18.4 Å². The highest BCUT2D eigenvalue weighted by atomic mass is 16.5. The van der Waals surface area contributed by atoms with Crippen LogP contribution in [0.4, 0.5) is 0 Å². The molecule has 0 aromatic rings. The lowest BCUT2D eigenvalue weighted by molar-refractivity contribution is -0.134. The predicted octanol–water partition coefficient (Wildman–Crippen LogP) is 3.63. The highest BCUT2D eigenvalue weighted by molar-refractivity contribution is 5.83. The lowest BCUT2D eigenvalue weighted by Gasteiger charge is -1.97. The molecule has 0 amide bonds. The average molecular weight is 210 g/mol. The van der Waals surface area contributed by atoms with Crippen molar-refractivity contribution in [1.29, 1.82) is 0 Å². The van der Waals surface area contributed by atoms with E-state index >= 15 is 0 Å². The lowest BCUT2D eigenvalue weighted by atomic mass is 10.1. The first-order chi connectivity index (χ1) is 7.24. The van der Waals surface area contributed by atoms with E-state index in [9.17, 15) is 4.79 Å². The minimum atomic E-state index is -0.273. The fraction of sp³-hybridized carbons (Fsp3) is 0.615. The molecule has 0 saturated heterocycles. The van der Waals surface area contributed by atoms with Crippen LogP contribution >= 0.6 is 0 Å². The van der Waals surface area contributed by atoms with Crippen molar-refractivity contribution in [2.45, 2.75) is 46.0 Å². The zero-order valence-electron chi connectivity index (χ0n) is 10.1. The first-order valence-corrected chi connectivity index (χ1v) is 5.69. The van der Waals surface area contributed by atoms with Gasteiger partial charge in [0.2, 0.25) is 0 Å². The number of methoxy groups -OCH3 is 1. The summed E-state index contributed by atoms with van der Waals surface area (Å²) in [5, 5.41) is 0. The minimum absolute atomic E-state index is 0.273. The predicted molar refractivity (Wildman–Crippen MR) is 63.7 cm³/mol. The summed E-state index contributed by atoms with van der Waals surface area (Å²) in [6, 6.07) is 0. The summed E-state index contributed by atoms with van der Waals surface area (Å²) in [5.41, 5.74) is 1.03. The Balaban J connectivity index is 3.98. The van der Waals surface area contributed by atoms with Crippen molar-refractivity contribution in [2.24, 2.45) is 0 Å². The zero-order chi connectivity index (χ0) is 11.5.